The monoisotopic (exact) mass is 240 g/mol. The van der Waals surface area contributed by atoms with Crippen molar-refractivity contribution in [1.29, 1.82) is 0 Å². The van der Waals surface area contributed by atoms with E-state index in [1.165, 1.54) is 17.7 Å². The third-order valence-electron chi connectivity index (χ3n) is 2.56. The summed E-state index contributed by atoms with van der Waals surface area (Å²) in [5.74, 6) is 1.98. The van der Waals surface area contributed by atoms with Crippen LogP contribution in [0.5, 0.6) is 0 Å². The number of thioether (sulfide) groups is 1. The van der Waals surface area contributed by atoms with Crippen LogP contribution < -0.4 is 0 Å². The SMILES string of the molecule is CC(C)SCc1nc(=S)c2c([nH]1)CCC2. The molecule has 1 aromatic heterocycles. The van der Waals surface area contributed by atoms with Gasteiger partial charge in [-0.05, 0) is 24.5 Å². The highest BCUT2D eigenvalue weighted by atomic mass is 32.2. The molecule has 0 saturated heterocycles. The van der Waals surface area contributed by atoms with Crippen molar-refractivity contribution in [2.24, 2.45) is 0 Å². The molecule has 0 fully saturated rings. The van der Waals surface area contributed by atoms with Crippen LogP contribution in [0.4, 0.5) is 0 Å². The van der Waals surface area contributed by atoms with E-state index >= 15 is 0 Å². The molecule has 0 atom stereocenters. The van der Waals surface area contributed by atoms with E-state index in [-0.39, 0.29) is 0 Å². The maximum atomic E-state index is 5.31. The fourth-order valence-electron chi connectivity index (χ4n) is 1.82. The van der Waals surface area contributed by atoms with Crippen LogP contribution in [0.25, 0.3) is 0 Å². The Hall–Kier alpha value is -0.350. The zero-order chi connectivity index (χ0) is 10.8. The van der Waals surface area contributed by atoms with Crippen LogP contribution in [0.15, 0.2) is 0 Å². The number of aryl methyl sites for hydroxylation is 1. The smallest absolute Gasteiger partial charge is 0.133 e. The average Bonchev–Trinajstić information content (AvgIpc) is 2.63. The number of H-pyrrole nitrogens is 1. The van der Waals surface area contributed by atoms with Crippen molar-refractivity contribution in [1.82, 2.24) is 9.97 Å². The number of hydrogen-bond acceptors (Lipinski definition) is 3. The molecule has 0 aromatic carbocycles. The van der Waals surface area contributed by atoms with Crippen LogP contribution in [0.2, 0.25) is 0 Å². The highest BCUT2D eigenvalue weighted by Gasteiger charge is 2.14. The molecule has 0 radical (unpaired) electrons. The lowest BCUT2D eigenvalue weighted by Gasteiger charge is -2.07. The van der Waals surface area contributed by atoms with E-state index in [9.17, 15) is 0 Å². The lowest BCUT2D eigenvalue weighted by atomic mass is 10.3. The number of aromatic nitrogens is 2. The van der Waals surface area contributed by atoms with Crippen LogP contribution >= 0.6 is 24.0 Å². The van der Waals surface area contributed by atoms with Crippen molar-refractivity contribution in [3.8, 4) is 0 Å². The molecule has 82 valence electrons. The van der Waals surface area contributed by atoms with Gasteiger partial charge in [-0.3, -0.25) is 0 Å². The summed E-state index contributed by atoms with van der Waals surface area (Å²) < 4.78 is 0.820. The molecule has 15 heavy (non-hydrogen) atoms. The van der Waals surface area contributed by atoms with Crippen LogP contribution in [0, 0.1) is 4.64 Å². The van der Waals surface area contributed by atoms with Gasteiger partial charge >= 0.3 is 0 Å². The van der Waals surface area contributed by atoms with Crippen molar-refractivity contribution >= 4 is 24.0 Å². The Bertz CT molecular complexity index is 410. The van der Waals surface area contributed by atoms with Gasteiger partial charge in [-0.1, -0.05) is 26.1 Å². The summed E-state index contributed by atoms with van der Waals surface area (Å²) in [6, 6.07) is 0. The van der Waals surface area contributed by atoms with Crippen molar-refractivity contribution in [2.45, 2.75) is 44.1 Å². The summed E-state index contributed by atoms with van der Waals surface area (Å²) in [5.41, 5.74) is 2.61. The minimum Gasteiger partial charge on any atom is -0.346 e. The maximum Gasteiger partial charge on any atom is 0.133 e. The molecular formula is C11H16N2S2. The van der Waals surface area contributed by atoms with E-state index in [4.69, 9.17) is 12.2 Å². The fourth-order valence-corrected chi connectivity index (χ4v) is 2.79. The van der Waals surface area contributed by atoms with E-state index in [2.05, 4.69) is 23.8 Å². The molecular weight excluding hydrogens is 224 g/mol. The Labute approximate surface area is 99.9 Å². The first-order chi connectivity index (χ1) is 7.16. The molecule has 0 saturated carbocycles. The number of aromatic amines is 1. The van der Waals surface area contributed by atoms with Crippen molar-refractivity contribution in [3.63, 3.8) is 0 Å². The number of nitrogens with one attached hydrogen (secondary N) is 1. The Kier molecular flexibility index (Phi) is 3.46. The van der Waals surface area contributed by atoms with Crippen LogP contribution in [-0.4, -0.2) is 15.2 Å². The van der Waals surface area contributed by atoms with Gasteiger partial charge < -0.3 is 4.98 Å². The number of hydrogen-bond donors (Lipinski definition) is 1. The number of rotatable bonds is 3. The van der Waals surface area contributed by atoms with E-state index < -0.39 is 0 Å². The first-order valence-electron chi connectivity index (χ1n) is 5.39. The van der Waals surface area contributed by atoms with E-state index in [0.717, 1.165) is 29.1 Å². The first-order valence-corrected chi connectivity index (χ1v) is 6.85. The number of fused-ring (bicyclic) bond motifs is 1. The number of nitrogens with zero attached hydrogens (tertiary/aromatic N) is 1. The third-order valence-corrected chi connectivity index (χ3v) is 4.01. The maximum absolute atomic E-state index is 5.31. The predicted molar refractivity (Wildman–Crippen MR) is 67.9 cm³/mol. The second kappa shape index (κ2) is 4.66. The summed E-state index contributed by atoms with van der Waals surface area (Å²) >= 11 is 7.20. The molecule has 2 rings (SSSR count). The predicted octanol–water partition coefficient (Wildman–Crippen LogP) is 3.27. The topological polar surface area (TPSA) is 28.7 Å². The fraction of sp³-hybridized carbons (Fsp3) is 0.636. The second-order valence-corrected chi connectivity index (χ2v) is 6.11. The Morgan fingerprint density at radius 3 is 3.00 bits per heavy atom. The van der Waals surface area contributed by atoms with Crippen LogP contribution in [0.3, 0.4) is 0 Å². The van der Waals surface area contributed by atoms with E-state index in [1.807, 2.05) is 11.8 Å². The highest BCUT2D eigenvalue weighted by Crippen LogP contribution is 2.22. The summed E-state index contributed by atoms with van der Waals surface area (Å²) in [5, 5.41) is 0.641. The van der Waals surface area contributed by atoms with Gasteiger partial charge in [0.15, 0.2) is 0 Å². The largest absolute Gasteiger partial charge is 0.346 e. The van der Waals surface area contributed by atoms with Crippen molar-refractivity contribution in [2.75, 3.05) is 0 Å². The van der Waals surface area contributed by atoms with Gasteiger partial charge in [0.05, 0.1) is 5.75 Å². The molecule has 1 N–H and O–H groups in total. The summed E-state index contributed by atoms with van der Waals surface area (Å²) in [6.45, 7) is 4.40. The first kappa shape index (κ1) is 11.1. The second-order valence-electron chi connectivity index (χ2n) is 4.16. The summed E-state index contributed by atoms with van der Waals surface area (Å²) in [7, 11) is 0. The van der Waals surface area contributed by atoms with Gasteiger partial charge in [0.25, 0.3) is 0 Å². The molecule has 0 bridgehead atoms. The third kappa shape index (κ3) is 2.61. The van der Waals surface area contributed by atoms with Gasteiger partial charge in [-0.25, -0.2) is 4.98 Å². The van der Waals surface area contributed by atoms with Gasteiger partial charge in [0.2, 0.25) is 0 Å². The molecule has 4 heteroatoms. The Morgan fingerprint density at radius 2 is 2.27 bits per heavy atom. The van der Waals surface area contributed by atoms with E-state index in [1.54, 1.807) is 0 Å². The molecule has 1 heterocycles. The average molecular weight is 240 g/mol. The van der Waals surface area contributed by atoms with Gasteiger partial charge in [-0.2, -0.15) is 11.8 Å². The van der Waals surface area contributed by atoms with Gasteiger partial charge in [-0.15, -0.1) is 0 Å². The minimum atomic E-state index is 0.641. The van der Waals surface area contributed by atoms with Gasteiger partial charge in [0.1, 0.15) is 10.5 Å². The Morgan fingerprint density at radius 1 is 1.47 bits per heavy atom. The van der Waals surface area contributed by atoms with Crippen molar-refractivity contribution in [3.05, 3.63) is 21.7 Å². The molecule has 0 unspecified atom stereocenters. The zero-order valence-corrected chi connectivity index (χ0v) is 10.8. The van der Waals surface area contributed by atoms with Crippen LogP contribution in [-0.2, 0) is 18.6 Å². The molecule has 1 aromatic rings. The molecule has 2 nitrogen and oxygen atoms in total. The molecule has 0 amide bonds. The molecule has 1 aliphatic rings. The van der Waals surface area contributed by atoms with E-state index in [0.29, 0.717) is 5.25 Å². The molecule has 0 spiro atoms. The minimum absolute atomic E-state index is 0.641. The zero-order valence-electron chi connectivity index (χ0n) is 9.17. The van der Waals surface area contributed by atoms with Crippen LogP contribution in [0.1, 0.15) is 37.4 Å². The van der Waals surface area contributed by atoms with Gasteiger partial charge in [0, 0.05) is 11.3 Å². The highest BCUT2D eigenvalue weighted by molar-refractivity contribution is 7.99. The lowest BCUT2D eigenvalue weighted by molar-refractivity contribution is 0.893. The van der Waals surface area contributed by atoms with Crippen molar-refractivity contribution < 1.29 is 0 Å². The summed E-state index contributed by atoms with van der Waals surface area (Å²) in [6.07, 6.45) is 3.47. The lowest BCUT2D eigenvalue weighted by Crippen LogP contribution is -2.01. The molecule has 0 aliphatic heterocycles. The molecule has 1 aliphatic carbocycles. The standard InChI is InChI=1S/C11H16N2S2/c1-7(2)15-6-10-12-9-5-3-4-8(9)11(14)13-10/h7H,3-6H2,1-2H3,(H,12,13,14). The quantitative estimate of drug-likeness (QED) is 0.822. The summed E-state index contributed by atoms with van der Waals surface area (Å²) in [4.78, 5) is 7.88. The normalized spacial score (nSPS) is 14.6. The Balaban J connectivity index is 2.20.